The number of benzene rings is 2. The van der Waals surface area contributed by atoms with Crippen LogP contribution in [-0.2, 0) is 27.3 Å². The molecule has 1 fully saturated rings. The van der Waals surface area contributed by atoms with Gasteiger partial charge >= 0.3 is 0 Å². The van der Waals surface area contributed by atoms with E-state index in [1.807, 2.05) is 60.7 Å². The van der Waals surface area contributed by atoms with Gasteiger partial charge in [0.25, 0.3) is 5.91 Å². The second-order valence-corrected chi connectivity index (χ2v) is 9.08. The fourth-order valence-corrected chi connectivity index (χ4v) is 4.14. The van der Waals surface area contributed by atoms with Crippen LogP contribution in [0.4, 0.5) is 0 Å². The van der Waals surface area contributed by atoms with E-state index in [2.05, 4.69) is 10.6 Å². The lowest BCUT2D eigenvalue weighted by molar-refractivity contribution is -0.236. The van der Waals surface area contributed by atoms with E-state index in [-0.39, 0.29) is 6.42 Å². The summed E-state index contributed by atoms with van der Waals surface area (Å²) in [6.45, 7) is -0.309. The third kappa shape index (κ3) is 7.87. The topological polar surface area (TPSA) is 189 Å². The van der Waals surface area contributed by atoms with E-state index in [1.54, 1.807) is 0 Å². The number of amides is 2. The van der Waals surface area contributed by atoms with Gasteiger partial charge in [-0.25, -0.2) is 0 Å². The van der Waals surface area contributed by atoms with Crippen molar-refractivity contribution in [3.8, 4) is 0 Å². The highest BCUT2D eigenvalue weighted by atomic mass is 16.5. The standard InChI is InChI=1S/C26H34N2O9/c29-14-20-23(33)24(34)22(32)19(37-20)12-18(30)21(31)26(36)28-25(35)17(11-15-7-3-1-4-8-15)27-13-16-9-5-2-6-10-16/h1-10,17-24,27,29-34H,11-14H2,(H,28,35,36)/t17-,18+,19+,20+,21-,22+,23+,24+/m0/s1. The van der Waals surface area contributed by atoms with Gasteiger partial charge in [-0.3, -0.25) is 14.9 Å². The molecule has 11 nitrogen and oxygen atoms in total. The van der Waals surface area contributed by atoms with E-state index >= 15 is 0 Å². The molecule has 202 valence electrons. The molecule has 3 rings (SSSR count). The first-order valence-electron chi connectivity index (χ1n) is 12.0. The van der Waals surface area contributed by atoms with Gasteiger partial charge in [-0.2, -0.15) is 0 Å². The van der Waals surface area contributed by atoms with Gasteiger partial charge in [0.1, 0.15) is 24.4 Å². The Hall–Kier alpha value is -2.74. The maximum atomic E-state index is 13.0. The highest BCUT2D eigenvalue weighted by Gasteiger charge is 2.44. The number of aliphatic hydroxyl groups excluding tert-OH is 6. The number of imide groups is 1. The summed E-state index contributed by atoms with van der Waals surface area (Å²) in [5.41, 5.74) is 1.77. The van der Waals surface area contributed by atoms with Gasteiger partial charge in [0.15, 0.2) is 6.10 Å². The smallest absolute Gasteiger partial charge is 0.258 e. The van der Waals surface area contributed by atoms with Gasteiger partial charge in [-0.1, -0.05) is 60.7 Å². The molecular weight excluding hydrogens is 484 g/mol. The zero-order valence-electron chi connectivity index (χ0n) is 20.1. The first-order chi connectivity index (χ1) is 17.7. The molecule has 1 saturated heterocycles. The Morgan fingerprint density at radius 1 is 0.811 bits per heavy atom. The Balaban J connectivity index is 1.61. The summed E-state index contributed by atoms with van der Waals surface area (Å²) in [4.78, 5) is 25.6. The lowest BCUT2D eigenvalue weighted by Crippen LogP contribution is -2.59. The molecule has 11 heteroatoms. The summed E-state index contributed by atoms with van der Waals surface area (Å²) in [6.07, 6.45) is -11.4. The lowest BCUT2D eigenvalue weighted by Gasteiger charge is -2.40. The monoisotopic (exact) mass is 518 g/mol. The van der Waals surface area contributed by atoms with E-state index in [4.69, 9.17) is 4.74 Å². The Kier molecular flexibility index (Phi) is 10.7. The summed E-state index contributed by atoms with van der Waals surface area (Å²) < 4.78 is 5.30. The summed E-state index contributed by atoms with van der Waals surface area (Å²) in [6, 6.07) is 17.7. The van der Waals surface area contributed by atoms with Crippen molar-refractivity contribution in [2.24, 2.45) is 0 Å². The SMILES string of the molecule is O=C(NC(=O)[C@@H](O)[C@H](O)C[C@H]1O[C@H](CO)[C@@H](O)[C@H](O)[C@@H]1O)[C@H](Cc1ccccc1)NCc1ccccc1. The second kappa shape index (κ2) is 13.7. The van der Waals surface area contributed by atoms with Gasteiger partial charge in [-0.15, -0.1) is 0 Å². The number of aliphatic hydroxyl groups is 6. The fraction of sp³-hybridized carbons (Fsp3) is 0.462. The number of rotatable bonds is 11. The molecule has 0 saturated carbocycles. The van der Waals surface area contributed by atoms with Gasteiger partial charge in [-0.05, 0) is 17.5 Å². The van der Waals surface area contributed by atoms with Crippen LogP contribution in [0.3, 0.4) is 0 Å². The van der Waals surface area contributed by atoms with Gasteiger partial charge < -0.3 is 40.7 Å². The van der Waals surface area contributed by atoms with Gasteiger partial charge in [0.05, 0.1) is 24.9 Å². The van der Waals surface area contributed by atoms with Crippen LogP contribution in [0.2, 0.25) is 0 Å². The van der Waals surface area contributed by atoms with Crippen LogP contribution < -0.4 is 10.6 Å². The molecule has 0 bridgehead atoms. The third-order valence-corrected chi connectivity index (χ3v) is 6.34. The molecule has 0 aliphatic carbocycles. The van der Waals surface area contributed by atoms with Crippen LogP contribution in [0.15, 0.2) is 60.7 Å². The Labute approximate surface area is 214 Å². The van der Waals surface area contributed by atoms with Crippen LogP contribution in [-0.4, -0.2) is 97.8 Å². The normalized spacial score (nSPS) is 26.2. The number of carbonyl (C=O) groups excluding carboxylic acids is 2. The molecule has 2 amide bonds. The Morgan fingerprint density at radius 3 is 1.97 bits per heavy atom. The molecule has 37 heavy (non-hydrogen) atoms. The molecule has 8 atom stereocenters. The van der Waals surface area contributed by atoms with E-state index in [9.17, 15) is 40.2 Å². The first kappa shape index (κ1) is 28.8. The molecule has 8 N–H and O–H groups in total. The van der Waals surface area contributed by atoms with Gasteiger partial charge in [0, 0.05) is 13.0 Å². The molecule has 2 aromatic carbocycles. The number of hydrogen-bond acceptors (Lipinski definition) is 10. The lowest BCUT2D eigenvalue weighted by atomic mass is 9.91. The number of hydrogen-bond donors (Lipinski definition) is 8. The number of carbonyl (C=O) groups is 2. The quantitative estimate of drug-likeness (QED) is 0.165. The number of ether oxygens (including phenoxy) is 1. The molecular formula is C26H34N2O9. The van der Waals surface area contributed by atoms with Gasteiger partial charge in [0.2, 0.25) is 5.91 Å². The summed E-state index contributed by atoms with van der Waals surface area (Å²) in [7, 11) is 0. The van der Waals surface area contributed by atoms with Crippen molar-refractivity contribution in [2.45, 2.75) is 68.2 Å². The summed E-state index contributed by atoms with van der Waals surface area (Å²) in [5, 5.41) is 65.1. The minimum atomic E-state index is -2.05. The molecule has 1 aliphatic rings. The third-order valence-electron chi connectivity index (χ3n) is 6.34. The molecule has 1 heterocycles. The van der Waals surface area contributed by atoms with Crippen LogP contribution >= 0.6 is 0 Å². The highest BCUT2D eigenvalue weighted by Crippen LogP contribution is 2.24. The molecule has 0 radical (unpaired) electrons. The molecule has 0 aromatic heterocycles. The maximum Gasteiger partial charge on any atom is 0.258 e. The molecule has 2 aromatic rings. The Bertz CT molecular complexity index is 992. The summed E-state index contributed by atoms with van der Waals surface area (Å²) in [5.74, 6) is -1.86. The second-order valence-electron chi connectivity index (χ2n) is 9.08. The Morgan fingerprint density at radius 2 is 1.38 bits per heavy atom. The van der Waals surface area contributed by atoms with Crippen molar-refractivity contribution < 1.29 is 45.0 Å². The fourth-order valence-electron chi connectivity index (χ4n) is 4.14. The van der Waals surface area contributed by atoms with Crippen molar-refractivity contribution in [3.05, 3.63) is 71.8 Å². The van der Waals surface area contributed by atoms with E-state index in [0.29, 0.717) is 6.54 Å². The van der Waals surface area contributed by atoms with Crippen molar-refractivity contribution in [1.82, 2.24) is 10.6 Å². The van der Waals surface area contributed by atoms with E-state index < -0.39 is 73.6 Å². The average Bonchev–Trinajstić information content (AvgIpc) is 2.91. The van der Waals surface area contributed by atoms with Crippen molar-refractivity contribution in [3.63, 3.8) is 0 Å². The zero-order chi connectivity index (χ0) is 26.9. The van der Waals surface area contributed by atoms with E-state index in [1.165, 1.54) is 0 Å². The largest absolute Gasteiger partial charge is 0.394 e. The van der Waals surface area contributed by atoms with Crippen LogP contribution in [0, 0.1) is 0 Å². The minimum Gasteiger partial charge on any atom is -0.394 e. The van der Waals surface area contributed by atoms with Crippen LogP contribution in [0.5, 0.6) is 0 Å². The van der Waals surface area contributed by atoms with Crippen LogP contribution in [0.1, 0.15) is 17.5 Å². The van der Waals surface area contributed by atoms with Crippen LogP contribution in [0.25, 0.3) is 0 Å². The average molecular weight is 519 g/mol. The number of nitrogens with one attached hydrogen (secondary N) is 2. The molecule has 0 unspecified atom stereocenters. The predicted octanol–water partition coefficient (Wildman–Crippen LogP) is -2.02. The first-order valence-corrected chi connectivity index (χ1v) is 12.0. The molecule has 0 spiro atoms. The zero-order valence-corrected chi connectivity index (χ0v) is 20.1. The van der Waals surface area contributed by atoms with E-state index in [0.717, 1.165) is 11.1 Å². The van der Waals surface area contributed by atoms with Crippen molar-refractivity contribution >= 4 is 11.8 Å². The van der Waals surface area contributed by atoms with Crippen molar-refractivity contribution in [2.75, 3.05) is 6.61 Å². The summed E-state index contributed by atoms with van der Waals surface area (Å²) >= 11 is 0. The van der Waals surface area contributed by atoms with Crippen molar-refractivity contribution in [1.29, 1.82) is 0 Å². The maximum absolute atomic E-state index is 13.0. The predicted molar refractivity (Wildman–Crippen MR) is 131 cm³/mol. The molecule has 1 aliphatic heterocycles. The highest BCUT2D eigenvalue weighted by molar-refractivity contribution is 5.99. The minimum absolute atomic E-state index is 0.260.